The topological polar surface area (TPSA) is 119 Å². The number of nitrogens with one attached hydrogen (secondary N) is 2. The fraction of sp³-hybridized carbons (Fsp3) is 0.346. The third-order valence-corrected chi connectivity index (χ3v) is 6.54. The highest BCUT2D eigenvalue weighted by Crippen LogP contribution is 2.33. The second-order valence-electron chi connectivity index (χ2n) is 9.48. The van der Waals surface area contributed by atoms with Crippen LogP contribution in [0, 0.1) is 12.7 Å². The molecule has 0 radical (unpaired) electrons. The monoisotopic (exact) mass is 520 g/mol. The third kappa shape index (κ3) is 4.82. The van der Waals surface area contributed by atoms with Crippen LogP contribution in [0.15, 0.2) is 36.9 Å². The third-order valence-electron chi connectivity index (χ3n) is 6.54. The fourth-order valence-electron chi connectivity index (χ4n) is 4.37. The summed E-state index contributed by atoms with van der Waals surface area (Å²) in [6.45, 7) is 2.91. The zero-order valence-electron chi connectivity index (χ0n) is 21.7. The van der Waals surface area contributed by atoms with E-state index < -0.39 is 5.82 Å². The maximum absolute atomic E-state index is 15.3. The molecule has 1 aliphatic rings. The molecule has 1 aromatic carbocycles. The largest absolute Gasteiger partial charge is 0.379 e. The molecule has 4 heterocycles. The highest BCUT2D eigenvalue weighted by molar-refractivity contribution is 5.96. The Labute approximate surface area is 218 Å². The summed E-state index contributed by atoms with van der Waals surface area (Å²) in [6, 6.07) is 3.08. The van der Waals surface area contributed by atoms with Crippen molar-refractivity contribution >= 4 is 23.3 Å². The smallest absolute Gasteiger partial charge is 0.251 e. The fourth-order valence-corrected chi connectivity index (χ4v) is 4.37. The Bertz CT molecular complexity index is 1520. The van der Waals surface area contributed by atoms with Gasteiger partial charge < -0.3 is 20.3 Å². The first-order valence-electron chi connectivity index (χ1n) is 12.2. The summed E-state index contributed by atoms with van der Waals surface area (Å²) in [4.78, 5) is 30.8. The van der Waals surface area contributed by atoms with Gasteiger partial charge in [-0.3, -0.25) is 14.3 Å². The number of carbonyl (C=O) groups is 2. The minimum absolute atomic E-state index is 0.0518. The summed E-state index contributed by atoms with van der Waals surface area (Å²) in [6.07, 6.45) is 7.60. The van der Waals surface area contributed by atoms with Crippen molar-refractivity contribution in [2.45, 2.75) is 25.9 Å². The van der Waals surface area contributed by atoms with Gasteiger partial charge in [-0.2, -0.15) is 10.2 Å². The number of aryl methyl sites for hydroxylation is 1. The molecule has 4 aromatic rings. The van der Waals surface area contributed by atoms with Gasteiger partial charge in [0.25, 0.3) is 5.91 Å². The number of likely N-dealkylation sites (N-methyl/N-ethyl adjacent to an activating group) is 1. The van der Waals surface area contributed by atoms with Gasteiger partial charge in [0.1, 0.15) is 18.2 Å². The van der Waals surface area contributed by atoms with Crippen molar-refractivity contribution in [3.63, 3.8) is 0 Å². The number of anilines is 1. The molecule has 38 heavy (non-hydrogen) atoms. The van der Waals surface area contributed by atoms with Crippen LogP contribution < -0.4 is 10.6 Å². The number of halogens is 1. The lowest BCUT2D eigenvalue weighted by Crippen LogP contribution is -2.26. The van der Waals surface area contributed by atoms with Crippen LogP contribution in [0.2, 0.25) is 0 Å². The molecule has 2 amide bonds. The van der Waals surface area contributed by atoms with Gasteiger partial charge in [-0.25, -0.2) is 13.9 Å². The maximum Gasteiger partial charge on any atom is 0.251 e. The Morgan fingerprint density at radius 1 is 1.16 bits per heavy atom. The first-order chi connectivity index (χ1) is 18.2. The van der Waals surface area contributed by atoms with Crippen LogP contribution in [-0.2, 0) is 16.1 Å². The molecule has 5 rings (SSSR count). The quantitative estimate of drug-likeness (QED) is 0.384. The van der Waals surface area contributed by atoms with Crippen molar-refractivity contribution < 1.29 is 18.7 Å². The maximum atomic E-state index is 15.3. The van der Waals surface area contributed by atoms with E-state index in [1.165, 1.54) is 24.1 Å². The van der Waals surface area contributed by atoms with Crippen LogP contribution in [0.25, 0.3) is 27.9 Å². The zero-order chi connectivity index (χ0) is 27.0. The van der Waals surface area contributed by atoms with Crippen LogP contribution >= 0.6 is 0 Å². The summed E-state index contributed by atoms with van der Waals surface area (Å²) in [7, 11) is 4.92. The Morgan fingerprint density at radius 2 is 1.97 bits per heavy atom. The lowest BCUT2D eigenvalue weighted by atomic mass is 10.0. The molecule has 12 heteroatoms. The Kier molecular flexibility index (Phi) is 6.81. The lowest BCUT2D eigenvalue weighted by Gasteiger charge is -2.15. The normalized spacial score (nSPS) is 15.1. The summed E-state index contributed by atoms with van der Waals surface area (Å²) in [5, 5.41) is 14.8. The van der Waals surface area contributed by atoms with Crippen molar-refractivity contribution in [2.24, 2.45) is 0 Å². The van der Waals surface area contributed by atoms with E-state index in [4.69, 9.17) is 9.72 Å². The number of aromatic nitrogens is 5. The van der Waals surface area contributed by atoms with Crippen molar-refractivity contribution in [3.05, 3.63) is 53.9 Å². The van der Waals surface area contributed by atoms with Crippen LogP contribution in [0.4, 0.5) is 10.2 Å². The van der Waals surface area contributed by atoms with E-state index in [-0.39, 0.29) is 30.0 Å². The standard InChI is InChI=1S/C26H29FN8O3/c1-15-7-16(26(37)28-2)8-19(23(15)27)20-10-30-35-12-21(17-9-29-34(11-17)13-22(36)33(3)4)24(32-25(20)35)31-18-5-6-38-14-18/h7-12,18H,5-6,13-14H2,1-4H3,(H,28,37)(H,31,32)/t18-/m0/s1. The van der Waals surface area contributed by atoms with Gasteiger partial charge in [-0.05, 0) is 31.0 Å². The summed E-state index contributed by atoms with van der Waals surface area (Å²) >= 11 is 0. The average Bonchev–Trinajstić information content (AvgIpc) is 3.66. The molecular weight excluding hydrogens is 491 g/mol. The van der Waals surface area contributed by atoms with E-state index in [0.717, 1.165) is 17.5 Å². The minimum atomic E-state index is -0.441. The van der Waals surface area contributed by atoms with Crippen molar-refractivity contribution in [2.75, 3.05) is 39.7 Å². The van der Waals surface area contributed by atoms with Gasteiger partial charge in [-0.1, -0.05) is 0 Å². The van der Waals surface area contributed by atoms with Gasteiger partial charge in [0.15, 0.2) is 5.65 Å². The number of fused-ring (bicyclic) bond motifs is 1. The molecule has 3 aromatic heterocycles. The van der Waals surface area contributed by atoms with Gasteiger partial charge in [0, 0.05) is 68.0 Å². The molecule has 1 fully saturated rings. The second kappa shape index (κ2) is 10.2. The van der Waals surface area contributed by atoms with E-state index in [9.17, 15) is 9.59 Å². The molecule has 1 aliphatic heterocycles. The Balaban J connectivity index is 1.61. The van der Waals surface area contributed by atoms with E-state index in [0.29, 0.717) is 41.4 Å². The molecule has 0 spiro atoms. The first kappa shape index (κ1) is 25.3. The first-order valence-corrected chi connectivity index (χ1v) is 12.2. The van der Waals surface area contributed by atoms with Gasteiger partial charge >= 0.3 is 0 Å². The predicted octanol–water partition coefficient (Wildman–Crippen LogP) is 2.36. The molecule has 11 nitrogen and oxygen atoms in total. The highest BCUT2D eigenvalue weighted by Gasteiger charge is 2.23. The van der Waals surface area contributed by atoms with Gasteiger partial charge in [0.05, 0.1) is 25.0 Å². The van der Waals surface area contributed by atoms with E-state index in [2.05, 4.69) is 20.8 Å². The van der Waals surface area contributed by atoms with E-state index in [1.54, 1.807) is 55.0 Å². The Morgan fingerprint density at radius 3 is 2.68 bits per heavy atom. The second-order valence-corrected chi connectivity index (χ2v) is 9.48. The van der Waals surface area contributed by atoms with E-state index in [1.807, 2.05) is 0 Å². The summed E-state index contributed by atoms with van der Waals surface area (Å²) in [5.74, 6) is -0.270. The SMILES string of the molecule is CNC(=O)c1cc(C)c(F)c(-c2cnn3cc(-c4cnn(CC(=O)N(C)C)c4)c(N[C@H]4CCOC4)nc23)c1. The average molecular weight is 521 g/mol. The highest BCUT2D eigenvalue weighted by atomic mass is 19.1. The number of benzene rings is 1. The number of hydrogen-bond acceptors (Lipinski definition) is 7. The van der Waals surface area contributed by atoms with E-state index >= 15 is 4.39 Å². The van der Waals surface area contributed by atoms with Crippen LogP contribution in [0.1, 0.15) is 22.3 Å². The number of hydrogen-bond donors (Lipinski definition) is 2. The van der Waals surface area contributed by atoms with Crippen LogP contribution in [0.3, 0.4) is 0 Å². The summed E-state index contributed by atoms with van der Waals surface area (Å²) < 4.78 is 24.0. The number of nitrogens with zero attached hydrogens (tertiary/aromatic N) is 6. The molecule has 0 aliphatic carbocycles. The van der Waals surface area contributed by atoms with Gasteiger partial charge in [0.2, 0.25) is 5.91 Å². The number of amides is 2. The molecule has 1 saturated heterocycles. The predicted molar refractivity (Wildman–Crippen MR) is 139 cm³/mol. The molecule has 198 valence electrons. The molecule has 0 bridgehead atoms. The number of rotatable bonds is 7. The molecule has 0 unspecified atom stereocenters. The Hall–Kier alpha value is -4.32. The summed E-state index contributed by atoms with van der Waals surface area (Å²) in [5.41, 5.74) is 3.28. The van der Waals surface area contributed by atoms with Crippen LogP contribution in [-0.4, -0.2) is 81.5 Å². The van der Waals surface area contributed by atoms with Crippen molar-refractivity contribution in [1.82, 2.24) is 34.6 Å². The van der Waals surface area contributed by atoms with Crippen molar-refractivity contribution in [3.8, 4) is 22.3 Å². The van der Waals surface area contributed by atoms with Crippen LogP contribution in [0.5, 0.6) is 0 Å². The molecule has 0 saturated carbocycles. The zero-order valence-corrected chi connectivity index (χ0v) is 21.7. The number of ether oxygens (including phenoxy) is 1. The molecule has 1 atom stereocenters. The van der Waals surface area contributed by atoms with Gasteiger partial charge in [-0.15, -0.1) is 0 Å². The molecule has 2 N–H and O–H groups in total. The van der Waals surface area contributed by atoms with Crippen molar-refractivity contribution in [1.29, 1.82) is 0 Å². The minimum Gasteiger partial charge on any atom is -0.379 e. The lowest BCUT2D eigenvalue weighted by molar-refractivity contribution is -0.129. The number of carbonyl (C=O) groups excluding carboxylic acids is 2. The molecular formula is C26H29FN8O3.